The maximum atomic E-state index is 11.5. The lowest BCUT2D eigenvalue weighted by molar-refractivity contribution is 0.0485. The van der Waals surface area contributed by atoms with E-state index in [1.54, 1.807) is 35.7 Å². The maximum Gasteiger partial charge on any atom is 0.407 e. The fraction of sp³-hybridized carbons (Fsp3) is 0.407. The molecule has 3 aliphatic carbocycles. The van der Waals surface area contributed by atoms with Crippen molar-refractivity contribution in [3.8, 4) is 29.6 Å². The lowest BCUT2D eigenvalue weighted by atomic mass is 9.86. The molecule has 0 unspecified atom stereocenters. The van der Waals surface area contributed by atoms with Crippen molar-refractivity contribution in [3.05, 3.63) is 142 Å². The number of alkyl carbamates (subject to hydrolysis) is 1. The molecule has 82 heavy (non-hydrogen) atoms. The average Bonchev–Trinajstić information content (AvgIpc) is 4.32. The van der Waals surface area contributed by atoms with Gasteiger partial charge in [0.2, 0.25) is 0 Å². The van der Waals surface area contributed by atoms with Crippen molar-refractivity contribution in [1.29, 1.82) is 15.8 Å². The molecule has 0 spiro atoms. The third-order valence-corrected chi connectivity index (χ3v) is 14.4. The van der Waals surface area contributed by atoms with Crippen LogP contribution in [0, 0.1) is 45.8 Å². The Balaban J connectivity index is 0.000000174. The highest BCUT2D eigenvalue weighted by Gasteiger charge is 2.26. The molecule has 5 heterocycles. The van der Waals surface area contributed by atoms with E-state index in [0.29, 0.717) is 57.3 Å². The van der Waals surface area contributed by atoms with Crippen LogP contribution < -0.4 is 32.7 Å². The van der Waals surface area contributed by atoms with Crippen LogP contribution in [0.1, 0.15) is 128 Å². The highest BCUT2D eigenvalue weighted by Crippen LogP contribution is 2.30. The van der Waals surface area contributed by atoms with E-state index in [1.807, 2.05) is 99.6 Å². The number of anilines is 5. The Morgan fingerprint density at radius 3 is 1.59 bits per heavy atom. The lowest BCUT2D eigenvalue weighted by Crippen LogP contribution is -2.50. The molecule has 0 aliphatic heterocycles. The number of rotatable bonds is 9. The summed E-state index contributed by atoms with van der Waals surface area (Å²) in [4.78, 5) is 27.1. The zero-order valence-electron chi connectivity index (χ0n) is 46.8. The van der Waals surface area contributed by atoms with Crippen LogP contribution in [0.2, 0.25) is 15.5 Å². The van der Waals surface area contributed by atoms with Gasteiger partial charge < -0.3 is 37.5 Å². The van der Waals surface area contributed by atoms with Gasteiger partial charge in [0.25, 0.3) is 0 Å². The first-order valence-corrected chi connectivity index (χ1v) is 28.5. The molecule has 23 heteroatoms. The molecule has 430 valence electrons. The van der Waals surface area contributed by atoms with Gasteiger partial charge in [-0.25, -0.2) is 19.7 Å². The standard InChI is InChI=1S/C21H23N7.C13H16ClN3.C11H22N2O2.C8H8N4.C6H2Cl2N2/c1-15-5-2-3-8-19(15)26-20-10-9-16(14-22)21(27-20)25-17-6-4-7-18(13-17)28-23-11-12-24-28;1-9-4-2-3-5-11(9)16-12-7-6-10(8-15)13(14)17-12;1-11(2,3)15-10(14)13-9-7-5-4-6-8(9)12;9-7-2-1-3-8(6-7)12-10-4-5-11-12;7-5-2-1-4(3-9)6(8)10-5/h4,6-7,9-13,15,19H,2-3,5,8H2,1H3,(H2,25,26,27);6-7,9,11H,2-5H2,1H3,(H,16,17);8-9H,4-7,12H2,1-3H3,(H,13,14);1-6H,9H2;1-2H/t15-,19+;9-,11+;8-,9+;;/m001../s1. The van der Waals surface area contributed by atoms with Crippen molar-refractivity contribution in [3.63, 3.8) is 0 Å². The quantitative estimate of drug-likeness (QED) is 0.0578. The smallest absolute Gasteiger partial charge is 0.407 e. The molecule has 6 atom stereocenters. The number of carbonyl (C=O) groups excluding carboxylic acids is 1. The summed E-state index contributed by atoms with van der Waals surface area (Å²) in [5, 5.41) is 56.7. The molecule has 10 rings (SSSR count). The van der Waals surface area contributed by atoms with E-state index in [4.69, 9.17) is 61.5 Å². The SMILES string of the molecule is CC(C)(C)OC(=O)N[C@H]1CCCC[C@H]1N.C[C@H]1CCCC[C@H]1Nc1ccc(C#N)c(Cl)n1.C[C@H]1CCCC[C@H]1Nc1ccc(C#N)c(Nc2cccc(-n3nccn3)c2)n1.N#Cc1ccc(Cl)nc1Cl.Nc1cccc(-n2nccn2)c1. The molecular weight excluding hydrogens is 1100 g/mol. The van der Waals surface area contributed by atoms with E-state index in [0.717, 1.165) is 60.8 Å². The number of halogens is 3. The van der Waals surface area contributed by atoms with Gasteiger partial charge >= 0.3 is 6.09 Å². The molecule has 0 radical (unpaired) electrons. The first-order valence-electron chi connectivity index (χ1n) is 27.4. The van der Waals surface area contributed by atoms with Gasteiger partial charge in [0, 0.05) is 35.5 Å². The van der Waals surface area contributed by atoms with E-state index < -0.39 is 5.60 Å². The Morgan fingerprint density at radius 1 is 0.610 bits per heavy atom. The molecule has 2 aromatic carbocycles. The van der Waals surface area contributed by atoms with E-state index in [9.17, 15) is 10.1 Å². The number of hydrogen-bond donors (Lipinski definition) is 6. The Kier molecular flexibility index (Phi) is 24.5. The van der Waals surface area contributed by atoms with Gasteiger partial charge in [-0.3, -0.25) is 0 Å². The van der Waals surface area contributed by atoms with E-state index in [-0.39, 0.29) is 28.5 Å². The number of nitrogens with one attached hydrogen (secondary N) is 4. The van der Waals surface area contributed by atoms with Crippen molar-refractivity contribution < 1.29 is 9.53 Å². The summed E-state index contributed by atoms with van der Waals surface area (Å²) in [6, 6.07) is 32.5. The second kappa shape index (κ2) is 31.8. The number of benzene rings is 2. The van der Waals surface area contributed by atoms with Crippen molar-refractivity contribution in [2.45, 2.75) is 141 Å². The number of pyridine rings is 3. The van der Waals surface area contributed by atoms with E-state index >= 15 is 0 Å². The van der Waals surface area contributed by atoms with Gasteiger partial charge in [-0.15, -0.1) is 0 Å². The minimum atomic E-state index is -0.442. The molecule has 1 amide bonds. The van der Waals surface area contributed by atoms with Gasteiger partial charge in [0.1, 0.15) is 50.9 Å². The summed E-state index contributed by atoms with van der Waals surface area (Å²) in [5.41, 5.74) is 15.6. The van der Waals surface area contributed by atoms with Crippen LogP contribution in [0.15, 0.2) is 110 Å². The fourth-order valence-corrected chi connectivity index (χ4v) is 9.83. The summed E-state index contributed by atoms with van der Waals surface area (Å²) in [6.07, 6.45) is 20.4. The molecule has 5 aromatic heterocycles. The zero-order valence-corrected chi connectivity index (χ0v) is 49.1. The first kappa shape index (κ1) is 63.1. The van der Waals surface area contributed by atoms with Crippen molar-refractivity contribution in [1.82, 2.24) is 50.3 Å². The predicted molar refractivity (Wildman–Crippen MR) is 322 cm³/mol. The minimum absolute atomic E-state index is 0.0752. The van der Waals surface area contributed by atoms with Crippen molar-refractivity contribution in [2.24, 2.45) is 17.6 Å². The van der Waals surface area contributed by atoms with Crippen LogP contribution in [-0.2, 0) is 4.74 Å². The molecule has 0 bridgehead atoms. The number of aromatic nitrogens is 9. The molecule has 3 saturated carbocycles. The van der Waals surface area contributed by atoms with Gasteiger partial charge in [-0.05, 0) is 144 Å². The number of amides is 1. The minimum Gasteiger partial charge on any atom is -0.444 e. The second-order valence-corrected chi connectivity index (χ2v) is 22.2. The molecule has 0 saturated heterocycles. The number of carbonyl (C=O) groups is 1. The summed E-state index contributed by atoms with van der Waals surface area (Å²) < 4.78 is 5.18. The largest absolute Gasteiger partial charge is 0.444 e. The predicted octanol–water partition coefficient (Wildman–Crippen LogP) is 12.8. The average molecular weight is 1170 g/mol. The van der Waals surface area contributed by atoms with E-state index in [1.165, 1.54) is 61.9 Å². The highest BCUT2D eigenvalue weighted by molar-refractivity contribution is 6.33. The third-order valence-electron chi connectivity index (χ3n) is 13.6. The van der Waals surface area contributed by atoms with Gasteiger partial charge in [-0.2, -0.15) is 45.8 Å². The van der Waals surface area contributed by atoms with Gasteiger partial charge in [0.15, 0.2) is 5.82 Å². The summed E-state index contributed by atoms with van der Waals surface area (Å²) in [5.74, 6) is 3.40. The number of nitriles is 3. The Morgan fingerprint density at radius 2 is 1.09 bits per heavy atom. The molecule has 3 aliphatic rings. The Labute approximate surface area is 494 Å². The molecule has 7 aromatic rings. The lowest BCUT2D eigenvalue weighted by Gasteiger charge is -2.30. The number of nitrogen functional groups attached to an aromatic ring is 1. The first-order chi connectivity index (χ1) is 39.4. The van der Waals surface area contributed by atoms with Crippen LogP contribution in [-0.4, -0.2) is 80.8 Å². The van der Waals surface area contributed by atoms with Gasteiger partial charge in [0.05, 0.1) is 52.9 Å². The van der Waals surface area contributed by atoms with Crippen molar-refractivity contribution >= 4 is 69.7 Å². The number of nitrogens with two attached hydrogens (primary N) is 2. The van der Waals surface area contributed by atoms with Crippen LogP contribution >= 0.6 is 34.8 Å². The maximum absolute atomic E-state index is 11.5. The van der Waals surface area contributed by atoms with E-state index in [2.05, 4.69) is 76.5 Å². The fourth-order valence-electron chi connectivity index (χ4n) is 9.25. The number of ether oxygens (including phenoxy) is 1. The monoisotopic (exact) mass is 1170 g/mol. The van der Waals surface area contributed by atoms with Crippen molar-refractivity contribution in [2.75, 3.05) is 21.7 Å². The summed E-state index contributed by atoms with van der Waals surface area (Å²) in [7, 11) is 0. The number of hydrogen-bond acceptors (Lipinski definition) is 17. The normalized spacial score (nSPS) is 19.0. The van der Waals surface area contributed by atoms with Crippen LogP contribution in [0.4, 0.5) is 33.6 Å². The topological polar surface area (TPSA) is 298 Å². The third kappa shape index (κ3) is 20.5. The summed E-state index contributed by atoms with van der Waals surface area (Å²) in [6.45, 7) is 10.1. The Bertz CT molecular complexity index is 3240. The molecule has 20 nitrogen and oxygen atoms in total. The Hall–Kier alpha value is -8.06. The van der Waals surface area contributed by atoms with Crippen LogP contribution in [0.25, 0.3) is 11.4 Å². The highest BCUT2D eigenvalue weighted by atomic mass is 35.5. The number of nitrogens with zero attached hydrogens (tertiary/aromatic N) is 12. The second-order valence-electron chi connectivity index (χ2n) is 21.1. The van der Waals surface area contributed by atoms with Gasteiger partial charge in [-0.1, -0.05) is 99.3 Å². The summed E-state index contributed by atoms with van der Waals surface area (Å²) >= 11 is 16.9. The van der Waals surface area contributed by atoms with Crippen LogP contribution in [0.3, 0.4) is 0 Å². The zero-order chi connectivity index (χ0) is 59.0. The molecule has 3 fully saturated rings. The molecule has 8 N–H and O–H groups in total. The van der Waals surface area contributed by atoms with Crippen LogP contribution in [0.5, 0.6) is 0 Å². The molecular formula is C59H71Cl3N18O2.